The Morgan fingerprint density at radius 3 is 2.10 bits per heavy atom. The van der Waals surface area contributed by atoms with Crippen molar-refractivity contribution in [3.8, 4) is 17.2 Å². The molecular formula is C15H22N2O4. The van der Waals surface area contributed by atoms with Crippen molar-refractivity contribution in [2.45, 2.75) is 19.3 Å². The van der Waals surface area contributed by atoms with Crippen LogP contribution in [0.5, 0.6) is 17.2 Å². The first-order chi connectivity index (χ1) is 10.1. The number of ether oxygens (including phenoxy) is 3. The lowest BCUT2D eigenvalue weighted by Gasteiger charge is -2.39. The van der Waals surface area contributed by atoms with Gasteiger partial charge >= 0.3 is 0 Å². The fourth-order valence-corrected chi connectivity index (χ4v) is 2.54. The minimum Gasteiger partial charge on any atom is -0.493 e. The molecule has 3 N–H and O–H groups in total. The molecule has 0 spiro atoms. The van der Waals surface area contributed by atoms with E-state index in [1.807, 2.05) is 0 Å². The molecule has 6 nitrogen and oxygen atoms in total. The van der Waals surface area contributed by atoms with Crippen molar-refractivity contribution < 1.29 is 19.0 Å². The number of hydrogen-bond donors (Lipinski definition) is 2. The highest BCUT2D eigenvalue weighted by Gasteiger charge is 2.42. The van der Waals surface area contributed by atoms with Crippen LogP contribution < -0.4 is 25.3 Å². The number of carbonyl (C=O) groups is 1. The smallest absolute Gasteiger partial charge is 0.231 e. The number of rotatable bonds is 6. The summed E-state index contributed by atoms with van der Waals surface area (Å²) in [6.07, 6.45) is 2.71. The lowest BCUT2D eigenvalue weighted by atomic mass is 9.68. The summed E-state index contributed by atoms with van der Waals surface area (Å²) in [6.45, 7) is 0.364. The average molecular weight is 294 g/mol. The zero-order valence-corrected chi connectivity index (χ0v) is 12.7. The van der Waals surface area contributed by atoms with Crippen molar-refractivity contribution in [2.24, 2.45) is 11.1 Å². The van der Waals surface area contributed by atoms with E-state index in [1.54, 1.807) is 12.1 Å². The van der Waals surface area contributed by atoms with Crippen molar-refractivity contribution in [1.29, 1.82) is 0 Å². The number of methoxy groups -OCH3 is 3. The van der Waals surface area contributed by atoms with E-state index in [4.69, 9.17) is 19.9 Å². The van der Waals surface area contributed by atoms with Gasteiger partial charge in [0.2, 0.25) is 11.7 Å². The molecule has 0 radical (unpaired) electrons. The van der Waals surface area contributed by atoms with Gasteiger partial charge in [-0.15, -0.1) is 0 Å². The molecule has 1 aliphatic rings. The Bertz CT molecular complexity index is 496. The number of nitrogens with one attached hydrogen (secondary N) is 1. The molecule has 0 aromatic heterocycles. The molecule has 21 heavy (non-hydrogen) atoms. The average Bonchev–Trinajstić information content (AvgIpc) is 2.45. The van der Waals surface area contributed by atoms with Crippen LogP contribution in [0.4, 0.5) is 5.69 Å². The van der Waals surface area contributed by atoms with Gasteiger partial charge in [-0.2, -0.15) is 0 Å². The monoisotopic (exact) mass is 294 g/mol. The maximum Gasteiger partial charge on any atom is 0.231 e. The van der Waals surface area contributed by atoms with E-state index in [2.05, 4.69) is 5.32 Å². The van der Waals surface area contributed by atoms with Crippen LogP contribution in [-0.2, 0) is 4.79 Å². The summed E-state index contributed by atoms with van der Waals surface area (Å²) >= 11 is 0. The summed E-state index contributed by atoms with van der Waals surface area (Å²) in [7, 11) is 4.61. The highest BCUT2D eigenvalue weighted by molar-refractivity contribution is 5.96. The fourth-order valence-electron chi connectivity index (χ4n) is 2.54. The summed E-state index contributed by atoms with van der Waals surface area (Å²) in [6, 6.07) is 3.42. The molecule has 0 atom stereocenters. The van der Waals surface area contributed by atoms with Crippen molar-refractivity contribution in [1.82, 2.24) is 0 Å². The predicted molar refractivity (Wildman–Crippen MR) is 80.1 cm³/mol. The summed E-state index contributed by atoms with van der Waals surface area (Å²) in [4.78, 5) is 12.4. The molecule has 116 valence electrons. The summed E-state index contributed by atoms with van der Waals surface area (Å²) < 4.78 is 15.8. The molecule has 1 fully saturated rings. The molecule has 0 unspecified atom stereocenters. The second-order valence-corrected chi connectivity index (χ2v) is 5.21. The van der Waals surface area contributed by atoms with Crippen LogP contribution in [0.2, 0.25) is 0 Å². The van der Waals surface area contributed by atoms with Gasteiger partial charge in [0.25, 0.3) is 0 Å². The summed E-state index contributed by atoms with van der Waals surface area (Å²) in [5.74, 6) is 1.45. The Labute approximate surface area is 124 Å². The zero-order chi connectivity index (χ0) is 15.5. The van der Waals surface area contributed by atoms with Gasteiger partial charge < -0.3 is 25.3 Å². The molecule has 0 saturated heterocycles. The largest absolute Gasteiger partial charge is 0.493 e. The first-order valence-corrected chi connectivity index (χ1v) is 6.91. The molecule has 1 aromatic rings. The van der Waals surface area contributed by atoms with Gasteiger partial charge in [-0.1, -0.05) is 6.42 Å². The van der Waals surface area contributed by atoms with Crippen LogP contribution in [0.15, 0.2) is 12.1 Å². The number of anilines is 1. The van der Waals surface area contributed by atoms with Gasteiger partial charge in [0.1, 0.15) is 0 Å². The summed E-state index contributed by atoms with van der Waals surface area (Å²) in [5.41, 5.74) is 5.93. The van der Waals surface area contributed by atoms with Gasteiger partial charge in [0.05, 0.1) is 26.7 Å². The van der Waals surface area contributed by atoms with Gasteiger partial charge in [-0.25, -0.2) is 0 Å². The summed E-state index contributed by atoms with van der Waals surface area (Å²) in [5, 5.41) is 2.90. The van der Waals surface area contributed by atoms with Crippen LogP contribution in [0.1, 0.15) is 19.3 Å². The van der Waals surface area contributed by atoms with E-state index in [1.165, 1.54) is 21.3 Å². The van der Waals surface area contributed by atoms with Crippen LogP contribution in [-0.4, -0.2) is 33.8 Å². The minimum absolute atomic E-state index is 0.0504. The van der Waals surface area contributed by atoms with Gasteiger partial charge in [0, 0.05) is 24.4 Å². The molecule has 1 aliphatic carbocycles. The molecule has 1 amide bonds. The second-order valence-electron chi connectivity index (χ2n) is 5.21. The Hall–Kier alpha value is -1.95. The maximum atomic E-state index is 12.4. The highest BCUT2D eigenvalue weighted by atomic mass is 16.5. The minimum atomic E-state index is -0.430. The van der Waals surface area contributed by atoms with Crippen molar-refractivity contribution in [3.05, 3.63) is 12.1 Å². The van der Waals surface area contributed by atoms with Crippen molar-refractivity contribution in [3.63, 3.8) is 0 Å². The van der Waals surface area contributed by atoms with Gasteiger partial charge in [0.15, 0.2) is 11.5 Å². The quantitative estimate of drug-likeness (QED) is 0.835. The third-order valence-corrected chi connectivity index (χ3v) is 4.11. The lowest BCUT2D eigenvalue weighted by molar-refractivity contribution is -0.129. The molecule has 1 saturated carbocycles. The lowest BCUT2D eigenvalue weighted by Crippen LogP contribution is -2.47. The zero-order valence-electron chi connectivity index (χ0n) is 12.7. The third kappa shape index (κ3) is 2.76. The predicted octanol–water partition coefficient (Wildman–Crippen LogP) is 1.78. The molecule has 1 aromatic carbocycles. The molecule has 6 heteroatoms. The number of carbonyl (C=O) groups excluding carboxylic acids is 1. The maximum absolute atomic E-state index is 12.4. The molecule has 0 bridgehead atoms. The Morgan fingerprint density at radius 1 is 1.19 bits per heavy atom. The van der Waals surface area contributed by atoms with Crippen LogP contribution in [0.25, 0.3) is 0 Å². The molecule has 0 aliphatic heterocycles. The van der Waals surface area contributed by atoms with Crippen molar-refractivity contribution >= 4 is 11.6 Å². The third-order valence-electron chi connectivity index (χ3n) is 4.11. The molecule has 2 rings (SSSR count). The van der Waals surface area contributed by atoms with E-state index >= 15 is 0 Å². The highest BCUT2D eigenvalue weighted by Crippen LogP contribution is 2.43. The van der Waals surface area contributed by atoms with E-state index in [9.17, 15) is 4.79 Å². The topological polar surface area (TPSA) is 82.8 Å². The van der Waals surface area contributed by atoms with Crippen LogP contribution in [0, 0.1) is 5.41 Å². The van der Waals surface area contributed by atoms with Gasteiger partial charge in [-0.3, -0.25) is 4.79 Å². The first-order valence-electron chi connectivity index (χ1n) is 6.91. The fraction of sp³-hybridized carbons (Fsp3) is 0.533. The Kier molecular flexibility index (Phi) is 4.57. The molecular weight excluding hydrogens is 272 g/mol. The van der Waals surface area contributed by atoms with E-state index in [0.29, 0.717) is 29.5 Å². The van der Waals surface area contributed by atoms with Crippen LogP contribution >= 0.6 is 0 Å². The van der Waals surface area contributed by atoms with E-state index in [0.717, 1.165) is 19.3 Å². The van der Waals surface area contributed by atoms with E-state index in [-0.39, 0.29) is 5.91 Å². The second kappa shape index (κ2) is 6.22. The Balaban J connectivity index is 2.26. The standard InChI is InChI=1S/C15H22N2O4/c1-19-11-7-10(8-12(20-2)13(11)21-3)17-14(18)15(9-16)5-4-6-15/h7-8H,4-6,9,16H2,1-3H3,(H,17,18). The number of nitrogens with two attached hydrogens (primary N) is 1. The SMILES string of the molecule is COc1cc(NC(=O)C2(CN)CCC2)cc(OC)c1OC. The molecule has 0 heterocycles. The number of hydrogen-bond acceptors (Lipinski definition) is 5. The number of amides is 1. The van der Waals surface area contributed by atoms with Gasteiger partial charge in [-0.05, 0) is 12.8 Å². The first kappa shape index (κ1) is 15.4. The van der Waals surface area contributed by atoms with E-state index < -0.39 is 5.41 Å². The normalized spacial score (nSPS) is 15.8. The number of benzene rings is 1. The Morgan fingerprint density at radius 2 is 1.76 bits per heavy atom. The van der Waals surface area contributed by atoms with Crippen molar-refractivity contribution in [2.75, 3.05) is 33.2 Å². The van der Waals surface area contributed by atoms with Crippen LogP contribution in [0.3, 0.4) is 0 Å².